The van der Waals surface area contributed by atoms with Crippen LogP contribution in [-0.4, -0.2) is 25.5 Å². The van der Waals surface area contributed by atoms with Gasteiger partial charge in [-0.2, -0.15) is 0 Å². The topological polar surface area (TPSA) is 70.2 Å². The summed E-state index contributed by atoms with van der Waals surface area (Å²) in [6.45, 7) is -0.0512. The van der Waals surface area contributed by atoms with Crippen LogP contribution in [0.4, 0.5) is 10.5 Å². The quantitative estimate of drug-likeness (QED) is 0.805. The summed E-state index contributed by atoms with van der Waals surface area (Å²) in [5.41, 5.74) is 2.86. The maximum atomic E-state index is 11.6. The zero-order valence-electron chi connectivity index (χ0n) is 11.7. The van der Waals surface area contributed by atoms with Gasteiger partial charge in [-0.1, -0.05) is 42.5 Å². The number of hydrogen-bond acceptors (Lipinski definition) is 2. The van der Waals surface area contributed by atoms with Gasteiger partial charge in [0, 0.05) is 12.7 Å². The van der Waals surface area contributed by atoms with E-state index in [9.17, 15) is 9.59 Å². The number of amides is 3. The number of hydrogen-bond donors (Lipinski definition) is 3. The summed E-state index contributed by atoms with van der Waals surface area (Å²) in [7, 11) is 1.52. The van der Waals surface area contributed by atoms with Gasteiger partial charge in [-0.15, -0.1) is 0 Å². The molecule has 0 aromatic heterocycles. The van der Waals surface area contributed by atoms with Crippen molar-refractivity contribution in [3.8, 4) is 11.1 Å². The minimum atomic E-state index is -0.411. The predicted octanol–water partition coefficient (Wildman–Crippen LogP) is 2.22. The first-order valence-electron chi connectivity index (χ1n) is 6.60. The predicted molar refractivity (Wildman–Crippen MR) is 83.0 cm³/mol. The third-order valence-electron chi connectivity index (χ3n) is 2.94. The van der Waals surface area contributed by atoms with Gasteiger partial charge in [0.1, 0.15) is 0 Å². The molecule has 21 heavy (non-hydrogen) atoms. The number of nitrogens with one attached hydrogen (secondary N) is 3. The van der Waals surface area contributed by atoms with Crippen LogP contribution in [0.1, 0.15) is 0 Å². The summed E-state index contributed by atoms with van der Waals surface area (Å²) in [5.74, 6) is -0.246. The SMILES string of the molecule is CNC(=O)CNC(=O)Nc1ccc(-c2ccccc2)cc1. The average molecular weight is 283 g/mol. The minimum absolute atomic E-state index is 0.0512. The number of carbonyl (C=O) groups is 2. The molecule has 0 saturated carbocycles. The highest BCUT2D eigenvalue weighted by molar-refractivity contribution is 5.92. The Morgan fingerprint density at radius 3 is 2.14 bits per heavy atom. The summed E-state index contributed by atoms with van der Waals surface area (Å²) in [4.78, 5) is 22.6. The van der Waals surface area contributed by atoms with E-state index in [4.69, 9.17) is 0 Å². The van der Waals surface area contributed by atoms with E-state index in [0.29, 0.717) is 5.69 Å². The zero-order chi connectivity index (χ0) is 15.1. The van der Waals surface area contributed by atoms with E-state index in [0.717, 1.165) is 11.1 Å². The van der Waals surface area contributed by atoms with Gasteiger partial charge >= 0.3 is 6.03 Å². The monoisotopic (exact) mass is 283 g/mol. The van der Waals surface area contributed by atoms with Crippen LogP contribution in [0, 0.1) is 0 Å². The summed E-state index contributed by atoms with van der Waals surface area (Å²) in [6.07, 6.45) is 0. The summed E-state index contributed by atoms with van der Waals surface area (Å²) < 4.78 is 0. The van der Waals surface area contributed by atoms with Crippen LogP contribution in [0.5, 0.6) is 0 Å². The largest absolute Gasteiger partial charge is 0.358 e. The third-order valence-corrected chi connectivity index (χ3v) is 2.94. The van der Waals surface area contributed by atoms with Crippen molar-refractivity contribution in [3.63, 3.8) is 0 Å². The van der Waals surface area contributed by atoms with Gasteiger partial charge in [0.2, 0.25) is 5.91 Å². The van der Waals surface area contributed by atoms with Crippen molar-refractivity contribution in [1.29, 1.82) is 0 Å². The normalized spacial score (nSPS) is 9.76. The molecule has 2 rings (SSSR count). The molecule has 3 amide bonds. The molecule has 0 unspecified atom stereocenters. The fraction of sp³-hybridized carbons (Fsp3) is 0.125. The maximum absolute atomic E-state index is 11.6. The second-order valence-electron chi connectivity index (χ2n) is 4.42. The Hall–Kier alpha value is -2.82. The van der Waals surface area contributed by atoms with Crippen LogP contribution >= 0.6 is 0 Å². The van der Waals surface area contributed by atoms with Crippen molar-refractivity contribution >= 4 is 17.6 Å². The van der Waals surface area contributed by atoms with E-state index in [1.807, 2.05) is 54.6 Å². The Bertz CT molecular complexity index is 609. The van der Waals surface area contributed by atoms with Gasteiger partial charge in [0.05, 0.1) is 6.54 Å². The lowest BCUT2D eigenvalue weighted by atomic mass is 10.1. The van der Waals surface area contributed by atoms with Crippen molar-refractivity contribution in [2.75, 3.05) is 18.9 Å². The molecule has 0 aliphatic carbocycles. The van der Waals surface area contributed by atoms with Crippen molar-refractivity contribution < 1.29 is 9.59 Å². The zero-order valence-corrected chi connectivity index (χ0v) is 11.7. The van der Waals surface area contributed by atoms with E-state index in [-0.39, 0.29) is 12.5 Å². The first kappa shape index (κ1) is 14.6. The summed E-state index contributed by atoms with van der Waals surface area (Å²) in [5, 5.41) is 7.56. The molecule has 108 valence electrons. The van der Waals surface area contributed by atoms with Crippen LogP contribution in [0.3, 0.4) is 0 Å². The lowest BCUT2D eigenvalue weighted by Crippen LogP contribution is -2.37. The third kappa shape index (κ3) is 4.35. The Kier molecular flexibility index (Phi) is 4.93. The second kappa shape index (κ2) is 7.09. The first-order valence-corrected chi connectivity index (χ1v) is 6.60. The molecule has 0 aliphatic rings. The van der Waals surface area contributed by atoms with Crippen molar-refractivity contribution in [2.24, 2.45) is 0 Å². The number of rotatable bonds is 4. The number of carbonyl (C=O) groups excluding carboxylic acids is 2. The average Bonchev–Trinajstić information content (AvgIpc) is 2.54. The lowest BCUT2D eigenvalue weighted by Gasteiger charge is -2.08. The number of urea groups is 1. The smallest absolute Gasteiger partial charge is 0.319 e. The highest BCUT2D eigenvalue weighted by Crippen LogP contribution is 2.20. The summed E-state index contributed by atoms with van der Waals surface area (Å²) in [6, 6.07) is 17.1. The first-order chi connectivity index (χ1) is 10.2. The highest BCUT2D eigenvalue weighted by Gasteiger charge is 2.04. The van der Waals surface area contributed by atoms with Gasteiger partial charge < -0.3 is 16.0 Å². The molecule has 0 radical (unpaired) electrons. The fourth-order valence-electron chi connectivity index (χ4n) is 1.80. The molecule has 5 heteroatoms. The molecule has 5 nitrogen and oxygen atoms in total. The number of likely N-dealkylation sites (N-methyl/N-ethyl adjacent to an activating group) is 1. The number of anilines is 1. The molecule has 3 N–H and O–H groups in total. The van der Waals surface area contributed by atoms with E-state index in [2.05, 4.69) is 16.0 Å². The highest BCUT2D eigenvalue weighted by atomic mass is 16.2. The Morgan fingerprint density at radius 2 is 1.52 bits per heavy atom. The van der Waals surface area contributed by atoms with E-state index < -0.39 is 6.03 Å². The molecule has 2 aromatic rings. The van der Waals surface area contributed by atoms with Gasteiger partial charge in [-0.3, -0.25) is 4.79 Å². The molecule has 0 saturated heterocycles. The Labute approximate surface area is 123 Å². The van der Waals surface area contributed by atoms with Crippen LogP contribution in [0.25, 0.3) is 11.1 Å². The molecular weight excluding hydrogens is 266 g/mol. The molecule has 0 atom stereocenters. The molecule has 2 aromatic carbocycles. The molecule has 0 heterocycles. The van der Waals surface area contributed by atoms with Gasteiger partial charge in [0.15, 0.2) is 0 Å². The van der Waals surface area contributed by atoms with Gasteiger partial charge in [-0.05, 0) is 23.3 Å². The Balaban J connectivity index is 1.94. The van der Waals surface area contributed by atoms with E-state index in [1.165, 1.54) is 7.05 Å². The van der Waals surface area contributed by atoms with E-state index >= 15 is 0 Å². The Morgan fingerprint density at radius 1 is 0.905 bits per heavy atom. The van der Waals surface area contributed by atoms with Crippen molar-refractivity contribution in [3.05, 3.63) is 54.6 Å². The van der Waals surface area contributed by atoms with Crippen LogP contribution in [-0.2, 0) is 4.79 Å². The molecular formula is C16H17N3O2. The molecule has 0 fully saturated rings. The molecule has 0 spiro atoms. The van der Waals surface area contributed by atoms with Crippen LogP contribution in [0.15, 0.2) is 54.6 Å². The van der Waals surface area contributed by atoms with Crippen molar-refractivity contribution in [2.45, 2.75) is 0 Å². The standard InChI is InChI=1S/C16H17N3O2/c1-17-15(20)11-18-16(21)19-14-9-7-13(8-10-14)12-5-3-2-4-6-12/h2-10H,11H2,1H3,(H,17,20)(H2,18,19,21). The van der Waals surface area contributed by atoms with Crippen LogP contribution in [0.2, 0.25) is 0 Å². The van der Waals surface area contributed by atoms with Crippen LogP contribution < -0.4 is 16.0 Å². The maximum Gasteiger partial charge on any atom is 0.319 e. The molecule has 0 aliphatic heterocycles. The number of benzene rings is 2. The van der Waals surface area contributed by atoms with Gasteiger partial charge in [-0.25, -0.2) is 4.79 Å². The minimum Gasteiger partial charge on any atom is -0.358 e. The summed E-state index contributed by atoms with van der Waals surface area (Å²) >= 11 is 0. The molecule has 0 bridgehead atoms. The fourth-order valence-corrected chi connectivity index (χ4v) is 1.80. The van der Waals surface area contributed by atoms with Gasteiger partial charge in [0.25, 0.3) is 0 Å². The van der Waals surface area contributed by atoms with E-state index in [1.54, 1.807) is 0 Å². The lowest BCUT2D eigenvalue weighted by molar-refractivity contribution is -0.119. The second-order valence-corrected chi connectivity index (χ2v) is 4.42. The van der Waals surface area contributed by atoms with Crippen molar-refractivity contribution in [1.82, 2.24) is 10.6 Å².